The number of aromatic nitrogens is 3. The lowest BCUT2D eigenvalue weighted by atomic mass is 10.0. The van der Waals surface area contributed by atoms with E-state index in [0.29, 0.717) is 0 Å². The zero-order chi connectivity index (χ0) is 26.5. The van der Waals surface area contributed by atoms with Gasteiger partial charge in [-0.15, -0.1) is 0 Å². The van der Waals surface area contributed by atoms with Crippen molar-refractivity contribution in [1.82, 2.24) is 24.8 Å². The van der Waals surface area contributed by atoms with Gasteiger partial charge in [-0.25, -0.2) is 15.0 Å². The second kappa shape index (κ2) is 15.9. The van der Waals surface area contributed by atoms with Gasteiger partial charge in [0.05, 0.1) is 5.69 Å². The molecule has 1 saturated heterocycles. The molecule has 0 N–H and O–H groups in total. The minimum Gasteiger partial charge on any atom is -0.357 e. The zero-order valence-corrected chi connectivity index (χ0v) is 24.3. The first-order chi connectivity index (χ1) is 18.1. The third-order valence-corrected chi connectivity index (χ3v) is 7.59. The number of likely N-dealkylation sites (N-methyl/N-ethyl adjacent to an activating group) is 1. The Morgan fingerprint density at radius 3 is 2.16 bits per heavy atom. The molecule has 0 spiro atoms. The van der Waals surface area contributed by atoms with E-state index in [1.165, 1.54) is 54.7 Å². The van der Waals surface area contributed by atoms with E-state index in [2.05, 4.69) is 77.5 Å². The molecule has 2 aliphatic rings. The molecule has 4 rings (SSSR count). The van der Waals surface area contributed by atoms with Gasteiger partial charge in [-0.2, -0.15) is 0 Å². The molecule has 2 aromatic rings. The molecule has 7 heteroatoms. The van der Waals surface area contributed by atoms with Crippen molar-refractivity contribution in [1.29, 1.82) is 0 Å². The molecule has 0 atom stereocenters. The fourth-order valence-corrected chi connectivity index (χ4v) is 5.17. The lowest BCUT2D eigenvalue weighted by Crippen LogP contribution is -2.47. The largest absolute Gasteiger partial charge is 0.357 e. The quantitative estimate of drug-likeness (QED) is 0.402. The molecule has 0 saturated carbocycles. The number of hydrogen-bond acceptors (Lipinski definition) is 7. The topological polar surface area (TPSA) is 51.6 Å². The van der Waals surface area contributed by atoms with Crippen LogP contribution in [0.5, 0.6) is 0 Å². The highest BCUT2D eigenvalue weighted by molar-refractivity contribution is 5.50. The van der Waals surface area contributed by atoms with E-state index in [-0.39, 0.29) is 0 Å². The zero-order valence-electron chi connectivity index (χ0n) is 24.3. The molecule has 0 radical (unpaired) electrons. The van der Waals surface area contributed by atoms with Gasteiger partial charge in [0.25, 0.3) is 0 Å². The Balaban J connectivity index is 0.000000695. The monoisotopic (exact) mass is 509 g/mol. The Labute approximate surface area is 226 Å². The van der Waals surface area contributed by atoms with Crippen molar-refractivity contribution in [3.05, 3.63) is 41.5 Å². The van der Waals surface area contributed by atoms with Gasteiger partial charge in [-0.1, -0.05) is 59.4 Å². The molecule has 0 bridgehead atoms. The Morgan fingerprint density at radius 1 is 0.811 bits per heavy atom. The number of nitrogens with zero attached hydrogens (tertiary/aromatic N) is 7. The highest BCUT2D eigenvalue weighted by Crippen LogP contribution is 2.27. The molecular formula is C30H51N7. The summed E-state index contributed by atoms with van der Waals surface area (Å²) in [6.45, 7) is 21.5. The van der Waals surface area contributed by atoms with E-state index in [0.717, 1.165) is 77.7 Å². The van der Waals surface area contributed by atoms with Gasteiger partial charge in [0.1, 0.15) is 18.0 Å². The van der Waals surface area contributed by atoms with E-state index in [4.69, 9.17) is 9.97 Å². The fraction of sp³-hybridized carbons (Fsp3) is 0.700. The van der Waals surface area contributed by atoms with Crippen LogP contribution in [0.4, 0.5) is 11.6 Å². The minimum absolute atomic E-state index is 0.888. The van der Waals surface area contributed by atoms with Gasteiger partial charge in [-0.05, 0) is 37.9 Å². The lowest BCUT2D eigenvalue weighted by molar-refractivity contribution is 0.240. The van der Waals surface area contributed by atoms with Crippen molar-refractivity contribution >= 4 is 11.6 Å². The normalized spacial score (nSPS) is 16.2. The van der Waals surface area contributed by atoms with Gasteiger partial charge < -0.3 is 14.7 Å². The summed E-state index contributed by atoms with van der Waals surface area (Å²) in [6, 6.07) is 4.42. The molecule has 0 unspecified atom stereocenters. The first-order valence-corrected chi connectivity index (χ1v) is 14.9. The third-order valence-electron chi connectivity index (χ3n) is 7.59. The average Bonchev–Trinajstić information content (AvgIpc) is 2.94. The molecule has 0 aliphatic carbocycles. The van der Waals surface area contributed by atoms with Crippen LogP contribution < -0.4 is 9.80 Å². The number of anilines is 2. The molecule has 7 nitrogen and oxygen atoms in total. The highest BCUT2D eigenvalue weighted by Gasteiger charge is 2.25. The Kier molecular flexibility index (Phi) is 12.6. The van der Waals surface area contributed by atoms with Crippen LogP contribution in [0.15, 0.2) is 24.7 Å². The molecule has 2 aromatic heterocycles. The van der Waals surface area contributed by atoms with Crippen LogP contribution in [0.2, 0.25) is 0 Å². The van der Waals surface area contributed by atoms with E-state index in [1.54, 1.807) is 6.33 Å². The van der Waals surface area contributed by atoms with Crippen molar-refractivity contribution < 1.29 is 0 Å². The van der Waals surface area contributed by atoms with Gasteiger partial charge >= 0.3 is 0 Å². The van der Waals surface area contributed by atoms with Gasteiger partial charge in [0.2, 0.25) is 0 Å². The summed E-state index contributed by atoms with van der Waals surface area (Å²) in [6.07, 6.45) is 11.3. The Morgan fingerprint density at radius 2 is 1.57 bits per heavy atom. The SMILES string of the molecule is CCCCC.CCCCN(CC)c1ccc(CN2CCc3c(ncnc3N3CCN(CC)CC3)C2)cn1. The minimum atomic E-state index is 0.888. The van der Waals surface area contributed by atoms with Crippen molar-refractivity contribution in [2.75, 3.05) is 62.2 Å². The van der Waals surface area contributed by atoms with Crippen LogP contribution >= 0.6 is 0 Å². The average molecular weight is 510 g/mol. The summed E-state index contributed by atoms with van der Waals surface area (Å²) in [5.74, 6) is 2.26. The summed E-state index contributed by atoms with van der Waals surface area (Å²) in [5, 5.41) is 0. The summed E-state index contributed by atoms with van der Waals surface area (Å²) >= 11 is 0. The first-order valence-electron chi connectivity index (χ1n) is 14.9. The molecule has 2 aliphatic heterocycles. The van der Waals surface area contributed by atoms with Gasteiger partial charge in [0.15, 0.2) is 0 Å². The number of rotatable bonds is 11. The second-order valence-electron chi connectivity index (χ2n) is 10.3. The molecule has 37 heavy (non-hydrogen) atoms. The number of fused-ring (bicyclic) bond motifs is 1. The van der Waals surface area contributed by atoms with Crippen LogP contribution in [-0.4, -0.2) is 77.1 Å². The maximum Gasteiger partial charge on any atom is 0.135 e. The molecular weight excluding hydrogens is 458 g/mol. The van der Waals surface area contributed by atoms with Crippen molar-refractivity contribution in [3.63, 3.8) is 0 Å². The highest BCUT2D eigenvalue weighted by atomic mass is 15.3. The van der Waals surface area contributed by atoms with Crippen LogP contribution in [0, 0.1) is 0 Å². The summed E-state index contributed by atoms with van der Waals surface area (Å²) in [4.78, 5) is 23.9. The third kappa shape index (κ3) is 8.64. The summed E-state index contributed by atoms with van der Waals surface area (Å²) < 4.78 is 0. The maximum atomic E-state index is 4.76. The molecule has 206 valence electrons. The van der Waals surface area contributed by atoms with E-state index >= 15 is 0 Å². The van der Waals surface area contributed by atoms with E-state index in [9.17, 15) is 0 Å². The Bertz CT molecular complexity index is 891. The number of unbranched alkanes of at least 4 members (excludes halogenated alkanes) is 3. The molecule has 0 aromatic carbocycles. The van der Waals surface area contributed by atoms with Crippen LogP contribution in [0.25, 0.3) is 0 Å². The second-order valence-corrected chi connectivity index (χ2v) is 10.3. The standard InChI is InChI=1S/C25H39N7.C5H12/c1-4-7-11-31(6-3)24-9-8-21(17-26-24)18-30-12-10-22-23(19-30)27-20-28-25(22)32-15-13-29(5-2)14-16-32;1-3-5-4-2/h8-9,17,20H,4-7,10-16,18-19H2,1-3H3;3-5H2,1-2H3. The summed E-state index contributed by atoms with van der Waals surface area (Å²) in [7, 11) is 0. The number of piperazine rings is 1. The van der Waals surface area contributed by atoms with Crippen molar-refractivity contribution in [2.24, 2.45) is 0 Å². The smallest absolute Gasteiger partial charge is 0.135 e. The van der Waals surface area contributed by atoms with Gasteiger partial charge in [0, 0.05) is 70.7 Å². The summed E-state index contributed by atoms with van der Waals surface area (Å²) in [5.41, 5.74) is 3.82. The first kappa shape index (κ1) is 29.3. The molecule has 0 amide bonds. The predicted molar refractivity (Wildman–Crippen MR) is 156 cm³/mol. The van der Waals surface area contributed by atoms with Crippen LogP contribution in [0.3, 0.4) is 0 Å². The molecule has 1 fully saturated rings. The van der Waals surface area contributed by atoms with E-state index in [1.807, 2.05) is 0 Å². The van der Waals surface area contributed by atoms with Crippen molar-refractivity contribution in [3.8, 4) is 0 Å². The van der Waals surface area contributed by atoms with Gasteiger partial charge in [-0.3, -0.25) is 4.90 Å². The van der Waals surface area contributed by atoms with Crippen LogP contribution in [-0.2, 0) is 19.5 Å². The maximum absolute atomic E-state index is 4.76. The Hall–Kier alpha value is -2.25. The van der Waals surface area contributed by atoms with Crippen LogP contribution in [0.1, 0.15) is 83.5 Å². The number of hydrogen-bond donors (Lipinski definition) is 0. The molecule has 4 heterocycles. The lowest BCUT2D eigenvalue weighted by Gasteiger charge is -2.37. The predicted octanol–water partition coefficient (Wildman–Crippen LogP) is 5.39. The van der Waals surface area contributed by atoms with E-state index < -0.39 is 0 Å². The van der Waals surface area contributed by atoms with Crippen molar-refractivity contribution in [2.45, 2.75) is 86.2 Å². The number of pyridine rings is 1. The fourth-order valence-electron chi connectivity index (χ4n) is 5.17.